The maximum absolute atomic E-state index is 11.3. The lowest BCUT2D eigenvalue weighted by Gasteiger charge is -2.38. The summed E-state index contributed by atoms with van der Waals surface area (Å²) in [5.74, 6) is 0.198. The second-order valence-corrected chi connectivity index (χ2v) is 4.18. The molecule has 1 saturated heterocycles. The van der Waals surface area contributed by atoms with Crippen molar-refractivity contribution in [3.63, 3.8) is 0 Å². The lowest BCUT2D eigenvalue weighted by molar-refractivity contribution is -0.130. The zero-order valence-electron chi connectivity index (χ0n) is 9.91. The Balaban J connectivity index is 2.49. The van der Waals surface area contributed by atoms with Crippen LogP contribution in [-0.4, -0.2) is 54.5 Å². The number of likely N-dealkylation sites (N-methyl/N-ethyl adjacent to an activating group) is 1. The summed E-state index contributed by atoms with van der Waals surface area (Å²) in [6, 6.07) is 0.510. The van der Waals surface area contributed by atoms with Crippen LogP contribution in [-0.2, 0) is 4.79 Å². The van der Waals surface area contributed by atoms with Crippen molar-refractivity contribution in [1.29, 1.82) is 0 Å². The Bertz CT molecular complexity index is 208. The first-order valence-corrected chi connectivity index (χ1v) is 5.88. The van der Waals surface area contributed by atoms with Gasteiger partial charge in [0.2, 0.25) is 5.91 Å². The maximum atomic E-state index is 11.3. The third-order valence-electron chi connectivity index (χ3n) is 3.18. The molecule has 1 atom stereocenters. The van der Waals surface area contributed by atoms with Gasteiger partial charge in [-0.3, -0.25) is 9.69 Å². The predicted molar refractivity (Wildman–Crippen MR) is 61.6 cm³/mol. The van der Waals surface area contributed by atoms with Gasteiger partial charge in [0, 0.05) is 39.1 Å². The highest BCUT2D eigenvalue weighted by atomic mass is 16.2. The monoisotopic (exact) mass is 213 g/mol. The number of nitrogens with two attached hydrogens (primary N) is 1. The van der Waals surface area contributed by atoms with Gasteiger partial charge in [0.15, 0.2) is 0 Å². The molecule has 0 unspecified atom stereocenters. The van der Waals surface area contributed by atoms with Crippen LogP contribution in [0.2, 0.25) is 0 Å². The maximum Gasteiger partial charge on any atom is 0.219 e. The number of hydrogen-bond acceptors (Lipinski definition) is 3. The van der Waals surface area contributed by atoms with E-state index in [1.54, 1.807) is 6.92 Å². The van der Waals surface area contributed by atoms with Crippen LogP contribution in [0.25, 0.3) is 0 Å². The van der Waals surface area contributed by atoms with Crippen LogP contribution < -0.4 is 5.73 Å². The molecule has 2 N–H and O–H groups in total. The Morgan fingerprint density at radius 3 is 2.87 bits per heavy atom. The number of hydrogen-bond donors (Lipinski definition) is 1. The van der Waals surface area contributed by atoms with E-state index in [1.165, 1.54) is 6.42 Å². The van der Waals surface area contributed by atoms with Crippen molar-refractivity contribution in [3.8, 4) is 0 Å². The minimum Gasteiger partial charge on any atom is -0.341 e. The lowest BCUT2D eigenvalue weighted by atomic mass is 10.0. The smallest absolute Gasteiger partial charge is 0.219 e. The second kappa shape index (κ2) is 6.08. The Hall–Kier alpha value is -0.610. The van der Waals surface area contributed by atoms with Crippen molar-refractivity contribution >= 4 is 5.91 Å². The molecule has 1 rings (SSSR count). The van der Waals surface area contributed by atoms with E-state index in [0.29, 0.717) is 12.6 Å². The Morgan fingerprint density at radius 2 is 2.33 bits per heavy atom. The second-order valence-electron chi connectivity index (χ2n) is 4.18. The molecule has 0 radical (unpaired) electrons. The van der Waals surface area contributed by atoms with Crippen LogP contribution in [0.4, 0.5) is 0 Å². The first-order chi connectivity index (χ1) is 7.19. The molecular formula is C11H23N3O. The zero-order chi connectivity index (χ0) is 11.3. The van der Waals surface area contributed by atoms with Crippen molar-refractivity contribution in [2.75, 3.05) is 32.7 Å². The van der Waals surface area contributed by atoms with E-state index in [1.807, 2.05) is 4.90 Å². The fourth-order valence-electron chi connectivity index (χ4n) is 2.30. The van der Waals surface area contributed by atoms with Gasteiger partial charge in [-0.2, -0.15) is 0 Å². The summed E-state index contributed by atoms with van der Waals surface area (Å²) in [7, 11) is 0. The average molecular weight is 213 g/mol. The molecule has 1 aliphatic rings. The number of likely N-dealkylation sites (tertiary alicyclic amines) is 1. The highest BCUT2D eigenvalue weighted by Crippen LogP contribution is 2.15. The van der Waals surface area contributed by atoms with Crippen LogP contribution >= 0.6 is 0 Å². The van der Waals surface area contributed by atoms with Crippen molar-refractivity contribution in [2.45, 2.75) is 32.7 Å². The molecule has 15 heavy (non-hydrogen) atoms. The quantitative estimate of drug-likeness (QED) is 0.729. The SMILES string of the molecule is CCN(CCN)[C@@H]1CCCN(C(C)=O)C1. The average Bonchev–Trinajstić information content (AvgIpc) is 2.26. The molecule has 0 aromatic carbocycles. The molecule has 1 amide bonds. The van der Waals surface area contributed by atoms with Gasteiger partial charge in [-0.15, -0.1) is 0 Å². The molecular weight excluding hydrogens is 190 g/mol. The van der Waals surface area contributed by atoms with Crippen LogP contribution in [0.3, 0.4) is 0 Å². The molecule has 1 fully saturated rings. The lowest BCUT2D eigenvalue weighted by Crippen LogP contribution is -2.50. The van der Waals surface area contributed by atoms with E-state index in [9.17, 15) is 4.79 Å². The normalized spacial score (nSPS) is 22.1. The van der Waals surface area contributed by atoms with Crippen molar-refractivity contribution in [3.05, 3.63) is 0 Å². The standard InChI is InChI=1S/C11H23N3O/c1-3-13(8-6-12)11-5-4-7-14(9-11)10(2)15/h11H,3-9,12H2,1-2H3/t11-/m1/s1. The fraction of sp³-hybridized carbons (Fsp3) is 0.909. The molecule has 0 bridgehead atoms. The summed E-state index contributed by atoms with van der Waals surface area (Å²) in [5.41, 5.74) is 5.58. The molecule has 0 aliphatic carbocycles. The third-order valence-corrected chi connectivity index (χ3v) is 3.18. The first kappa shape index (κ1) is 12.5. The van der Waals surface area contributed by atoms with E-state index < -0.39 is 0 Å². The predicted octanol–water partition coefficient (Wildman–Crippen LogP) is 0.278. The molecule has 4 nitrogen and oxygen atoms in total. The summed E-state index contributed by atoms with van der Waals surface area (Å²) < 4.78 is 0. The highest BCUT2D eigenvalue weighted by molar-refractivity contribution is 5.73. The van der Waals surface area contributed by atoms with Crippen molar-refractivity contribution in [1.82, 2.24) is 9.80 Å². The number of nitrogens with zero attached hydrogens (tertiary/aromatic N) is 2. The van der Waals surface area contributed by atoms with Gasteiger partial charge in [-0.25, -0.2) is 0 Å². The molecule has 0 aromatic rings. The Labute approximate surface area is 92.4 Å². The zero-order valence-corrected chi connectivity index (χ0v) is 9.91. The Morgan fingerprint density at radius 1 is 1.60 bits per heavy atom. The number of carbonyl (C=O) groups excluding carboxylic acids is 1. The molecule has 0 saturated carbocycles. The van der Waals surface area contributed by atoms with E-state index in [0.717, 1.165) is 32.6 Å². The fourth-order valence-corrected chi connectivity index (χ4v) is 2.30. The van der Waals surface area contributed by atoms with E-state index in [2.05, 4.69) is 11.8 Å². The van der Waals surface area contributed by atoms with Gasteiger partial charge in [-0.1, -0.05) is 6.92 Å². The third kappa shape index (κ3) is 3.47. The van der Waals surface area contributed by atoms with Crippen molar-refractivity contribution < 1.29 is 4.79 Å². The van der Waals surface area contributed by atoms with Gasteiger partial charge >= 0.3 is 0 Å². The van der Waals surface area contributed by atoms with Gasteiger partial charge in [0.1, 0.15) is 0 Å². The highest BCUT2D eigenvalue weighted by Gasteiger charge is 2.24. The van der Waals surface area contributed by atoms with Crippen LogP contribution in [0.1, 0.15) is 26.7 Å². The topological polar surface area (TPSA) is 49.6 Å². The Kier molecular flexibility index (Phi) is 5.05. The minimum atomic E-state index is 0.198. The van der Waals surface area contributed by atoms with Gasteiger partial charge < -0.3 is 10.6 Å². The number of piperidine rings is 1. The summed E-state index contributed by atoms with van der Waals surface area (Å²) in [4.78, 5) is 15.6. The largest absolute Gasteiger partial charge is 0.341 e. The molecule has 0 aromatic heterocycles. The first-order valence-electron chi connectivity index (χ1n) is 5.88. The van der Waals surface area contributed by atoms with Gasteiger partial charge in [-0.05, 0) is 19.4 Å². The molecule has 0 spiro atoms. The molecule has 1 heterocycles. The number of rotatable bonds is 4. The van der Waals surface area contributed by atoms with E-state index in [-0.39, 0.29) is 5.91 Å². The van der Waals surface area contributed by atoms with E-state index >= 15 is 0 Å². The van der Waals surface area contributed by atoms with Crippen LogP contribution in [0, 0.1) is 0 Å². The van der Waals surface area contributed by atoms with Gasteiger partial charge in [0.25, 0.3) is 0 Å². The molecule has 4 heteroatoms. The summed E-state index contributed by atoms with van der Waals surface area (Å²) in [6.07, 6.45) is 2.31. The van der Waals surface area contributed by atoms with Crippen LogP contribution in [0.5, 0.6) is 0 Å². The number of carbonyl (C=O) groups is 1. The van der Waals surface area contributed by atoms with Gasteiger partial charge in [0.05, 0.1) is 0 Å². The van der Waals surface area contributed by atoms with E-state index in [4.69, 9.17) is 5.73 Å². The summed E-state index contributed by atoms with van der Waals surface area (Å²) >= 11 is 0. The molecule has 88 valence electrons. The summed E-state index contributed by atoms with van der Waals surface area (Å²) in [5, 5.41) is 0. The molecule has 1 aliphatic heterocycles. The van der Waals surface area contributed by atoms with Crippen LogP contribution in [0.15, 0.2) is 0 Å². The van der Waals surface area contributed by atoms with Crippen molar-refractivity contribution in [2.24, 2.45) is 5.73 Å². The summed E-state index contributed by atoms with van der Waals surface area (Å²) in [6.45, 7) is 8.27. The minimum absolute atomic E-state index is 0.198. The number of amides is 1.